The molecule has 5 nitrogen and oxygen atoms in total. The molecule has 0 unspecified atom stereocenters. The van der Waals surface area contributed by atoms with Crippen molar-refractivity contribution in [3.05, 3.63) is 46.6 Å². The van der Waals surface area contributed by atoms with Crippen LogP contribution in [0.3, 0.4) is 0 Å². The van der Waals surface area contributed by atoms with Crippen molar-refractivity contribution in [3.8, 4) is 11.5 Å². The molecule has 1 heterocycles. The third-order valence-corrected chi connectivity index (χ3v) is 5.36. The highest BCUT2D eigenvalue weighted by atomic mass is 32.1. The number of nitrogens with zero attached hydrogens (tertiary/aromatic N) is 2. The van der Waals surface area contributed by atoms with Gasteiger partial charge >= 0.3 is 0 Å². The standard InChI is InChI=1S/C21H26N2O3S/c1-22(2)9-11-25-15-6-8-19-18(13-15)21(24)17-7-5-16(14-20(17)27-19)26-12-10-23(3)4/h5-8,13-14H,9-12H2,1-4H3. The Morgan fingerprint density at radius 1 is 0.778 bits per heavy atom. The van der Waals surface area contributed by atoms with Crippen molar-refractivity contribution in [2.45, 2.75) is 0 Å². The summed E-state index contributed by atoms with van der Waals surface area (Å²) in [4.78, 5) is 17.1. The molecule has 0 aliphatic carbocycles. The van der Waals surface area contributed by atoms with Crippen molar-refractivity contribution in [2.75, 3.05) is 54.5 Å². The number of ether oxygens (including phenoxy) is 2. The molecule has 0 spiro atoms. The Balaban J connectivity index is 1.87. The van der Waals surface area contributed by atoms with Crippen LogP contribution < -0.4 is 14.9 Å². The van der Waals surface area contributed by atoms with E-state index in [4.69, 9.17) is 9.47 Å². The summed E-state index contributed by atoms with van der Waals surface area (Å²) in [5.41, 5.74) is 0.0386. The topological polar surface area (TPSA) is 42.0 Å². The van der Waals surface area contributed by atoms with Gasteiger partial charge in [0.05, 0.1) is 0 Å². The zero-order valence-electron chi connectivity index (χ0n) is 16.3. The summed E-state index contributed by atoms with van der Waals surface area (Å²) in [6.45, 7) is 2.90. The quantitative estimate of drug-likeness (QED) is 0.556. The summed E-state index contributed by atoms with van der Waals surface area (Å²) < 4.78 is 13.5. The molecule has 0 bridgehead atoms. The normalized spacial score (nSPS) is 11.6. The molecule has 0 aliphatic heterocycles. The molecule has 1 aromatic heterocycles. The van der Waals surface area contributed by atoms with Gasteiger partial charge in [-0.2, -0.15) is 0 Å². The lowest BCUT2D eigenvalue weighted by Gasteiger charge is -2.12. The largest absolute Gasteiger partial charge is 0.492 e. The summed E-state index contributed by atoms with van der Waals surface area (Å²) in [5.74, 6) is 1.53. The first kappa shape index (κ1) is 19.6. The Hall–Kier alpha value is -2.15. The van der Waals surface area contributed by atoms with Crippen LogP contribution >= 0.6 is 11.3 Å². The average molecular weight is 387 g/mol. The Labute approximate surface area is 163 Å². The average Bonchev–Trinajstić information content (AvgIpc) is 2.61. The minimum Gasteiger partial charge on any atom is -0.492 e. The van der Waals surface area contributed by atoms with E-state index in [1.165, 1.54) is 0 Å². The van der Waals surface area contributed by atoms with Gasteiger partial charge in [-0.25, -0.2) is 0 Å². The van der Waals surface area contributed by atoms with Gasteiger partial charge in [-0.05, 0) is 64.6 Å². The highest BCUT2D eigenvalue weighted by Crippen LogP contribution is 2.29. The SMILES string of the molecule is CN(C)CCOc1ccc2c(=O)c3cc(OCCN(C)C)ccc3sc2c1. The molecule has 27 heavy (non-hydrogen) atoms. The maximum absolute atomic E-state index is 12.9. The van der Waals surface area contributed by atoms with Gasteiger partial charge in [0.15, 0.2) is 5.43 Å². The minimum absolute atomic E-state index is 0.0386. The number of rotatable bonds is 8. The van der Waals surface area contributed by atoms with E-state index in [1.54, 1.807) is 11.3 Å². The Bertz CT molecular complexity index is 982. The van der Waals surface area contributed by atoms with Crippen LogP contribution in [-0.4, -0.2) is 64.3 Å². The van der Waals surface area contributed by atoms with Gasteiger partial charge in [0, 0.05) is 33.3 Å². The Kier molecular flexibility index (Phi) is 6.31. The first-order chi connectivity index (χ1) is 12.9. The van der Waals surface area contributed by atoms with Crippen molar-refractivity contribution in [3.63, 3.8) is 0 Å². The minimum atomic E-state index is 0.0386. The molecule has 0 saturated heterocycles. The molecule has 3 aromatic rings. The zero-order chi connectivity index (χ0) is 19.4. The molecule has 6 heteroatoms. The lowest BCUT2D eigenvalue weighted by molar-refractivity contribution is 0.261. The van der Waals surface area contributed by atoms with Crippen LogP contribution in [0.25, 0.3) is 20.2 Å². The van der Waals surface area contributed by atoms with Crippen LogP contribution in [0.2, 0.25) is 0 Å². The van der Waals surface area contributed by atoms with Crippen LogP contribution in [0.15, 0.2) is 41.2 Å². The van der Waals surface area contributed by atoms with Crippen LogP contribution in [0.4, 0.5) is 0 Å². The van der Waals surface area contributed by atoms with Gasteiger partial charge < -0.3 is 19.3 Å². The third kappa shape index (κ3) is 4.97. The molecule has 144 valence electrons. The summed E-state index contributed by atoms with van der Waals surface area (Å²) in [5, 5.41) is 1.43. The molecule has 0 saturated carbocycles. The second kappa shape index (κ2) is 8.69. The van der Waals surface area contributed by atoms with Crippen molar-refractivity contribution in [1.29, 1.82) is 0 Å². The molecule has 0 amide bonds. The molecular formula is C21H26N2O3S. The van der Waals surface area contributed by atoms with Crippen LogP contribution in [0.1, 0.15) is 0 Å². The van der Waals surface area contributed by atoms with Gasteiger partial charge in [0.25, 0.3) is 0 Å². The number of likely N-dealkylation sites (N-methyl/N-ethyl adjacent to an activating group) is 2. The molecule has 0 N–H and O–H groups in total. The van der Waals surface area contributed by atoms with Gasteiger partial charge in [-0.15, -0.1) is 11.3 Å². The predicted octanol–water partition coefficient (Wildman–Crippen LogP) is 3.30. The van der Waals surface area contributed by atoms with Crippen molar-refractivity contribution in [1.82, 2.24) is 9.80 Å². The maximum Gasteiger partial charge on any atom is 0.196 e. The number of hydrogen-bond acceptors (Lipinski definition) is 6. The number of benzene rings is 2. The molecule has 3 rings (SSSR count). The zero-order valence-corrected chi connectivity index (χ0v) is 17.1. The van der Waals surface area contributed by atoms with Crippen LogP contribution in [0, 0.1) is 0 Å². The van der Waals surface area contributed by atoms with E-state index < -0.39 is 0 Å². The van der Waals surface area contributed by atoms with Crippen molar-refractivity contribution >= 4 is 31.5 Å². The fourth-order valence-corrected chi connectivity index (χ4v) is 3.77. The fourth-order valence-electron chi connectivity index (χ4n) is 2.69. The van der Waals surface area contributed by atoms with Crippen LogP contribution in [0.5, 0.6) is 11.5 Å². The second-order valence-electron chi connectivity index (χ2n) is 7.05. The van der Waals surface area contributed by atoms with Crippen molar-refractivity contribution < 1.29 is 9.47 Å². The summed E-state index contributed by atoms with van der Waals surface area (Å²) in [7, 11) is 8.04. The molecule has 0 atom stereocenters. The number of hydrogen-bond donors (Lipinski definition) is 0. The van der Waals surface area contributed by atoms with E-state index in [1.807, 2.05) is 64.6 Å². The summed E-state index contributed by atoms with van der Waals surface area (Å²) in [6.07, 6.45) is 0. The van der Waals surface area contributed by atoms with Gasteiger partial charge in [0.1, 0.15) is 24.7 Å². The van der Waals surface area contributed by atoms with Gasteiger partial charge in [-0.3, -0.25) is 4.79 Å². The molecule has 0 aliphatic rings. The molecule has 2 aromatic carbocycles. The van der Waals surface area contributed by atoms with E-state index >= 15 is 0 Å². The lowest BCUT2D eigenvalue weighted by atomic mass is 10.1. The van der Waals surface area contributed by atoms with Crippen LogP contribution in [-0.2, 0) is 0 Å². The summed E-state index contributed by atoms with van der Waals surface area (Å²) >= 11 is 1.60. The molecule has 0 radical (unpaired) electrons. The Morgan fingerprint density at radius 2 is 1.37 bits per heavy atom. The summed E-state index contributed by atoms with van der Waals surface area (Å²) in [6, 6.07) is 11.4. The highest BCUT2D eigenvalue weighted by molar-refractivity contribution is 7.24. The molecular weight excluding hydrogens is 360 g/mol. The van der Waals surface area contributed by atoms with E-state index in [9.17, 15) is 4.79 Å². The molecule has 0 fully saturated rings. The van der Waals surface area contributed by atoms with Crippen molar-refractivity contribution in [2.24, 2.45) is 0 Å². The maximum atomic E-state index is 12.9. The number of fused-ring (bicyclic) bond motifs is 2. The fraction of sp³-hybridized carbons (Fsp3) is 0.381. The van der Waals surface area contributed by atoms with Gasteiger partial charge in [-0.1, -0.05) is 0 Å². The Morgan fingerprint density at radius 3 is 2.00 bits per heavy atom. The smallest absolute Gasteiger partial charge is 0.196 e. The highest BCUT2D eigenvalue weighted by Gasteiger charge is 2.09. The second-order valence-corrected chi connectivity index (χ2v) is 8.13. The van der Waals surface area contributed by atoms with E-state index in [0.29, 0.717) is 18.6 Å². The monoisotopic (exact) mass is 386 g/mol. The third-order valence-electron chi connectivity index (χ3n) is 4.23. The van der Waals surface area contributed by atoms with Gasteiger partial charge in [0.2, 0.25) is 0 Å². The first-order valence-corrected chi connectivity index (χ1v) is 9.81. The van der Waals surface area contributed by atoms with E-state index in [0.717, 1.165) is 39.4 Å². The predicted molar refractivity (Wildman–Crippen MR) is 114 cm³/mol. The first-order valence-electron chi connectivity index (χ1n) is 9.00. The van der Waals surface area contributed by atoms with E-state index in [2.05, 4.69) is 9.80 Å². The van der Waals surface area contributed by atoms with E-state index in [-0.39, 0.29) is 5.43 Å². The lowest BCUT2D eigenvalue weighted by Crippen LogP contribution is -2.19.